The number of carbonyl (C=O) groups excluding carboxylic acids is 1. The fourth-order valence-electron chi connectivity index (χ4n) is 2.59. The van der Waals surface area contributed by atoms with Crippen molar-refractivity contribution in [1.29, 1.82) is 0 Å². The van der Waals surface area contributed by atoms with Crippen molar-refractivity contribution in [2.45, 2.75) is 4.90 Å². The van der Waals surface area contributed by atoms with E-state index < -0.39 is 0 Å². The summed E-state index contributed by atoms with van der Waals surface area (Å²) in [6.07, 6.45) is 0. The van der Waals surface area contributed by atoms with Crippen LogP contribution in [0, 0.1) is 0 Å². The zero-order valence-electron chi connectivity index (χ0n) is 13.3. The highest BCUT2D eigenvalue weighted by molar-refractivity contribution is 8.19. The third-order valence-corrected chi connectivity index (χ3v) is 6.38. The van der Waals surface area contributed by atoms with Crippen molar-refractivity contribution < 1.29 is 4.79 Å². The van der Waals surface area contributed by atoms with E-state index in [1.807, 2.05) is 49.5 Å². The van der Waals surface area contributed by atoms with E-state index in [4.69, 9.17) is 0 Å². The minimum absolute atomic E-state index is 0.00293. The van der Waals surface area contributed by atoms with Crippen molar-refractivity contribution >= 4 is 46.0 Å². The largest absolute Gasteiger partial charge is 0.337 e. The molecule has 0 aromatic heterocycles. The molecule has 2 aromatic carbocycles. The Kier molecular flexibility index (Phi) is 3.86. The molecule has 2 aromatic rings. The third-order valence-electron chi connectivity index (χ3n) is 3.89. The number of amides is 1. The molecule has 0 spiro atoms. The predicted molar refractivity (Wildman–Crippen MR) is 102 cm³/mol. The van der Waals surface area contributed by atoms with Crippen molar-refractivity contribution in [1.82, 2.24) is 4.90 Å². The maximum absolute atomic E-state index is 12.7. The number of carbonyl (C=O) groups is 1. The van der Waals surface area contributed by atoms with Crippen LogP contribution in [0.15, 0.2) is 74.4 Å². The Labute approximate surface area is 149 Å². The van der Waals surface area contributed by atoms with Crippen LogP contribution in [0.1, 0.15) is 0 Å². The topological polar surface area (TPSA) is 35.9 Å². The number of fused-ring (bicyclic) bond motifs is 1. The van der Waals surface area contributed by atoms with Crippen molar-refractivity contribution in [2.24, 2.45) is 4.99 Å². The number of rotatable bonds is 1. The quantitative estimate of drug-likeness (QED) is 0.717. The summed E-state index contributed by atoms with van der Waals surface area (Å²) in [5.74, 6) is -0.00293. The van der Waals surface area contributed by atoms with Gasteiger partial charge in [0.1, 0.15) is 4.91 Å². The van der Waals surface area contributed by atoms with E-state index >= 15 is 0 Å². The first-order valence-corrected chi connectivity index (χ1v) is 9.13. The average molecular weight is 353 g/mol. The standard InChI is InChI=1S/C18H15N3OS2/c1-20-13-10-6-7-11-14(13)23-17(20)15-16(22)21(2)18(24-15)19-12-8-4-3-5-9-12/h3-11H,1-2H3. The zero-order valence-corrected chi connectivity index (χ0v) is 14.9. The van der Waals surface area contributed by atoms with Gasteiger partial charge in [-0.2, -0.15) is 0 Å². The molecule has 24 heavy (non-hydrogen) atoms. The number of benzene rings is 2. The average Bonchev–Trinajstić information content (AvgIpc) is 3.08. The van der Waals surface area contributed by atoms with Crippen molar-refractivity contribution in [2.75, 3.05) is 19.0 Å². The third kappa shape index (κ3) is 2.52. The Balaban J connectivity index is 1.71. The van der Waals surface area contributed by atoms with Gasteiger partial charge in [-0.05, 0) is 36.0 Å². The molecule has 0 aliphatic carbocycles. The molecule has 4 nitrogen and oxygen atoms in total. The van der Waals surface area contributed by atoms with Crippen LogP contribution in [0.4, 0.5) is 11.4 Å². The second-order valence-corrected chi connectivity index (χ2v) is 7.47. The van der Waals surface area contributed by atoms with Crippen LogP contribution in [-0.2, 0) is 4.79 Å². The van der Waals surface area contributed by atoms with Gasteiger partial charge in [0.15, 0.2) is 5.17 Å². The molecule has 0 unspecified atom stereocenters. The summed E-state index contributed by atoms with van der Waals surface area (Å²) in [6, 6.07) is 17.9. The lowest BCUT2D eigenvalue weighted by atomic mass is 10.3. The highest BCUT2D eigenvalue weighted by Crippen LogP contribution is 2.49. The molecule has 0 saturated carbocycles. The maximum Gasteiger partial charge on any atom is 0.269 e. The number of hydrogen-bond acceptors (Lipinski definition) is 5. The van der Waals surface area contributed by atoms with E-state index in [2.05, 4.69) is 22.0 Å². The number of para-hydroxylation sites is 2. The molecular formula is C18H15N3OS2. The number of aliphatic imine (C=N–C) groups is 1. The van der Waals surface area contributed by atoms with Crippen molar-refractivity contribution in [3.05, 3.63) is 64.5 Å². The van der Waals surface area contributed by atoms with Crippen LogP contribution in [0.25, 0.3) is 0 Å². The molecule has 2 aliphatic heterocycles. The number of hydrogen-bond donors (Lipinski definition) is 0. The van der Waals surface area contributed by atoms with E-state index in [0.717, 1.165) is 21.3 Å². The second kappa shape index (κ2) is 6.03. The Morgan fingerprint density at radius 3 is 2.33 bits per heavy atom. The Hall–Kier alpha value is -2.18. The highest BCUT2D eigenvalue weighted by Gasteiger charge is 2.37. The monoisotopic (exact) mass is 353 g/mol. The summed E-state index contributed by atoms with van der Waals surface area (Å²) < 4.78 is 0. The minimum Gasteiger partial charge on any atom is -0.337 e. The molecule has 2 heterocycles. The molecule has 4 rings (SSSR count). The van der Waals surface area contributed by atoms with E-state index in [1.54, 1.807) is 23.7 Å². The first-order chi connectivity index (χ1) is 11.6. The minimum atomic E-state index is -0.00293. The van der Waals surface area contributed by atoms with Crippen LogP contribution in [-0.4, -0.2) is 30.1 Å². The number of anilines is 1. The summed E-state index contributed by atoms with van der Waals surface area (Å²) in [6.45, 7) is 0. The van der Waals surface area contributed by atoms with Gasteiger partial charge >= 0.3 is 0 Å². The SMILES string of the molecule is CN1C(=O)C(=C2Sc3ccccc3N2C)SC1=Nc1ccccc1. The zero-order chi connectivity index (χ0) is 16.7. The summed E-state index contributed by atoms with van der Waals surface area (Å²) in [7, 11) is 3.78. The fraction of sp³-hybridized carbons (Fsp3) is 0.111. The van der Waals surface area contributed by atoms with Gasteiger partial charge in [-0.3, -0.25) is 9.69 Å². The lowest BCUT2D eigenvalue weighted by Crippen LogP contribution is -2.24. The van der Waals surface area contributed by atoms with Crippen LogP contribution >= 0.6 is 23.5 Å². The molecule has 6 heteroatoms. The number of likely N-dealkylation sites (N-methyl/N-ethyl adjacent to an activating group) is 1. The lowest BCUT2D eigenvalue weighted by Gasteiger charge is -2.14. The van der Waals surface area contributed by atoms with Crippen LogP contribution in [0.2, 0.25) is 0 Å². The molecule has 0 atom stereocenters. The van der Waals surface area contributed by atoms with Gasteiger partial charge in [0.25, 0.3) is 5.91 Å². The van der Waals surface area contributed by atoms with Gasteiger partial charge in [0.05, 0.1) is 16.4 Å². The summed E-state index contributed by atoms with van der Waals surface area (Å²) >= 11 is 3.07. The first kappa shape index (κ1) is 15.4. The summed E-state index contributed by atoms with van der Waals surface area (Å²) in [5.41, 5.74) is 1.98. The fourth-order valence-corrected chi connectivity index (χ4v) is 4.92. The molecule has 0 bridgehead atoms. The smallest absolute Gasteiger partial charge is 0.269 e. The van der Waals surface area contributed by atoms with Gasteiger partial charge in [0, 0.05) is 19.0 Å². The number of amidine groups is 1. The maximum atomic E-state index is 12.7. The van der Waals surface area contributed by atoms with Gasteiger partial charge < -0.3 is 4.90 Å². The molecule has 0 N–H and O–H groups in total. The molecule has 1 saturated heterocycles. The second-order valence-electron chi connectivity index (χ2n) is 5.46. The first-order valence-electron chi connectivity index (χ1n) is 7.49. The number of nitrogens with zero attached hydrogens (tertiary/aromatic N) is 3. The molecular weight excluding hydrogens is 338 g/mol. The Morgan fingerprint density at radius 1 is 0.875 bits per heavy atom. The van der Waals surface area contributed by atoms with E-state index in [1.165, 1.54) is 16.7 Å². The normalized spacial score (nSPS) is 21.8. The molecule has 120 valence electrons. The number of thioether (sulfide) groups is 2. The summed E-state index contributed by atoms with van der Waals surface area (Å²) in [5, 5.41) is 1.68. The summed E-state index contributed by atoms with van der Waals surface area (Å²) in [4.78, 5) is 22.9. The van der Waals surface area contributed by atoms with E-state index in [-0.39, 0.29) is 5.91 Å². The van der Waals surface area contributed by atoms with Gasteiger partial charge in [0.2, 0.25) is 0 Å². The van der Waals surface area contributed by atoms with Gasteiger partial charge in [-0.15, -0.1) is 0 Å². The van der Waals surface area contributed by atoms with Crippen LogP contribution in [0.3, 0.4) is 0 Å². The highest BCUT2D eigenvalue weighted by atomic mass is 32.2. The Bertz CT molecular complexity index is 877. The van der Waals surface area contributed by atoms with Crippen molar-refractivity contribution in [3.63, 3.8) is 0 Å². The Morgan fingerprint density at radius 2 is 1.58 bits per heavy atom. The molecule has 2 aliphatic rings. The predicted octanol–water partition coefficient (Wildman–Crippen LogP) is 4.29. The molecule has 1 amide bonds. The van der Waals surface area contributed by atoms with E-state index in [0.29, 0.717) is 5.17 Å². The molecule has 0 radical (unpaired) electrons. The van der Waals surface area contributed by atoms with Gasteiger partial charge in [-0.25, -0.2) is 4.99 Å². The molecule has 1 fully saturated rings. The van der Waals surface area contributed by atoms with Crippen LogP contribution in [0.5, 0.6) is 0 Å². The van der Waals surface area contributed by atoms with E-state index in [9.17, 15) is 4.79 Å². The van der Waals surface area contributed by atoms with Gasteiger partial charge in [-0.1, -0.05) is 42.1 Å². The van der Waals surface area contributed by atoms with Crippen molar-refractivity contribution in [3.8, 4) is 0 Å². The lowest BCUT2D eigenvalue weighted by molar-refractivity contribution is -0.121. The van der Waals surface area contributed by atoms with Crippen LogP contribution < -0.4 is 4.90 Å².